The van der Waals surface area contributed by atoms with Crippen LogP contribution < -0.4 is 10.1 Å². The summed E-state index contributed by atoms with van der Waals surface area (Å²) in [5.74, 6) is 0.752. The molecule has 4 nitrogen and oxygen atoms in total. The Balaban J connectivity index is 2.43. The standard InChI is InChI=1S/C15H19N3O/c1-10-5-11(2)14(18-7-10)15(16-3)12-6-13(19-4)9-17-8-12/h5-9,15-16H,1-4H3. The van der Waals surface area contributed by atoms with Crippen molar-refractivity contribution in [1.29, 1.82) is 0 Å². The lowest BCUT2D eigenvalue weighted by atomic mass is 10.0. The summed E-state index contributed by atoms with van der Waals surface area (Å²) in [5.41, 5.74) is 4.39. The maximum Gasteiger partial charge on any atom is 0.137 e. The molecular weight excluding hydrogens is 238 g/mol. The second kappa shape index (κ2) is 5.80. The molecule has 0 aliphatic rings. The van der Waals surface area contributed by atoms with Gasteiger partial charge in [0.15, 0.2) is 0 Å². The number of aromatic nitrogens is 2. The third-order valence-corrected chi connectivity index (χ3v) is 3.12. The minimum absolute atomic E-state index is 0.0169. The zero-order valence-electron chi connectivity index (χ0n) is 11.8. The molecule has 0 aliphatic carbocycles. The number of methoxy groups -OCH3 is 1. The molecular formula is C15H19N3O. The van der Waals surface area contributed by atoms with Gasteiger partial charge in [-0.1, -0.05) is 6.07 Å². The van der Waals surface area contributed by atoms with Gasteiger partial charge < -0.3 is 10.1 Å². The van der Waals surface area contributed by atoms with Crippen molar-refractivity contribution in [2.24, 2.45) is 0 Å². The van der Waals surface area contributed by atoms with Gasteiger partial charge >= 0.3 is 0 Å². The van der Waals surface area contributed by atoms with Gasteiger partial charge in [-0.3, -0.25) is 9.97 Å². The van der Waals surface area contributed by atoms with Crippen LogP contribution in [0, 0.1) is 13.8 Å². The minimum Gasteiger partial charge on any atom is -0.495 e. The maximum atomic E-state index is 5.22. The highest BCUT2D eigenvalue weighted by atomic mass is 16.5. The smallest absolute Gasteiger partial charge is 0.137 e. The molecule has 0 aromatic carbocycles. The Morgan fingerprint density at radius 1 is 1.16 bits per heavy atom. The van der Waals surface area contributed by atoms with E-state index in [1.165, 1.54) is 11.1 Å². The summed E-state index contributed by atoms with van der Waals surface area (Å²) in [6.45, 7) is 4.12. The summed E-state index contributed by atoms with van der Waals surface area (Å²) in [4.78, 5) is 8.75. The van der Waals surface area contributed by atoms with Crippen molar-refractivity contribution in [3.63, 3.8) is 0 Å². The summed E-state index contributed by atoms with van der Waals surface area (Å²) in [6.07, 6.45) is 5.43. The van der Waals surface area contributed by atoms with Crippen LogP contribution in [0.15, 0.2) is 30.7 Å². The Bertz CT molecular complexity index is 569. The van der Waals surface area contributed by atoms with Crippen LogP contribution in [-0.4, -0.2) is 24.1 Å². The number of hydrogen-bond acceptors (Lipinski definition) is 4. The predicted octanol–water partition coefficient (Wildman–Crippen LogP) is 2.41. The first kappa shape index (κ1) is 13.5. The van der Waals surface area contributed by atoms with Crippen molar-refractivity contribution < 1.29 is 4.74 Å². The normalized spacial score (nSPS) is 12.2. The van der Waals surface area contributed by atoms with Gasteiger partial charge in [-0.2, -0.15) is 0 Å². The molecule has 1 unspecified atom stereocenters. The fraction of sp³-hybridized carbons (Fsp3) is 0.333. The second-order valence-corrected chi connectivity index (χ2v) is 4.59. The highest BCUT2D eigenvalue weighted by molar-refractivity contribution is 5.35. The Kier molecular flexibility index (Phi) is 4.12. The van der Waals surface area contributed by atoms with Crippen molar-refractivity contribution in [2.75, 3.05) is 14.2 Å². The molecule has 0 spiro atoms. The van der Waals surface area contributed by atoms with Crippen LogP contribution in [0.1, 0.15) is 28.4 Å². The van der Waals surface area contributed by atoms with Crippen molar-refractivity contribution in [3.05, 3.63) is 53.1 Å². The highest BCUT2D eigenvalue weighted by Crippen LogP contribution is 2.25. The third-order valence-electron chi connectivity index (χ3n) is 3.12. The molecule has 1 N–H and O–H groups in total. The fourth-order valence-electron chi connectivity index (χ4n) is 2.19. The molecule has 2 aromatic rings. The maximum absolute atomic E-state index is 5.22. The average Bonchev–Trinajstić information content (AvgIpc) is 2.42. The van der Waals surface area contributed by atoms with E-state index in [1.54, 1.807) is 13.3 Å². The molecule has 0 saturated carbocycles. The van der Waals surface area contributed by atoms with Crippen LogP contribution in [0.4, 0.5) is 0 Å². The first-order valence-electron chi connectivity index (χ1n) is 6.25. The Labute approximate surface area is 113 Å². The molecule has 1 atom stereocenters. The lowest BCUT2D eigenvalue weighted by Gasteiger charge is -2.18. The summed E-state index contributed by atoms with van der Waals surface area (Å²) in [7, 11) is 3.57. The van der Waals surface area contributed by atoms with Crippen molar-refractivity contribution in [3.8, 4) is 5.75 Å². The largest absolute Gasteiger partial charge is 0.495 e. The van der Waals surface area contributed by atoms with Crippen LogP contribution in [0.25, 0.3) is 0 Å². The van der Waals surface area contributed by atoms with E-state index in [2.05, 4.69) is 28.3 Å². The van der Waals surface area contributed by atoms with Gasteiger partial charge in [0, 0.05) is 12.4 Å². The number of rotatable bonds is 4. The number of aryl methyl sites for hydroxylation is 2. The van der Waals surface area contributed by atoms with Crippen LogP contribution >= 0.6 is 0 Å². The van der Waals surface area contributed by atoms with Gasteiger partial charge in [-0.25, -0.2) is 0 Å². The summed E-state index contributed by atoms with van der Waals surface area (Å²) >= 11 is 0. The van der Waals surface area contributed by atoms with Gasteiger partial charge in [0.1, 0.15) is 5.75 Å². The fourth-order valence-corrected chi connectivity index (χ4v) is 2.19. The molecule has 4 heteroatoms. The zero-order valence-corrected chi connectivity index (χ0v) is 11.8. The monoisotopic (exact) mass is 257 g/mol. The third kappa shape index (κ3) is 2.90. The molecule has 2 aromatic heterocycles. The first-order chi connectivity index (χ1) is 9.15. The first-order valence-corrected chi connectivity index (χ1v) is 6.25. The van der Waals surface area contributed by atoms with Gasteiger partial charge in [0.25, 0.3) is 0 Å². The molecule has 2 rings (SSSR count). The quantitative estimate of drug-likeness (QED) is 0.913. The van der Waals surface area contributed by atoms with Crippen molar-refractivity contribution in [2.45, 2.75) is 19.9 Å². The molecule has 19 heavy (non-hydrogen) atoms. The SMILES string of the molecule is CNC(c1cncc(OC)c1)c1ncc(C)cc1C. The van der Waals surface area contributed by atoms with E-state index >= 15 is 0 Å². The molecule has 0 amide bonds. The van der Waals surface area contributed by atoms with E-state index in [-0.39, 0.29) is 6.04 Å². The topological polar surface area (TPSA) is 47.0 Å². The van der Waals surface area contributed by atoms with Gasteiger partial charge in [-0.15, -0.1) is 0 Å². The lowest BCUT2D eigenvalue weighted by Crippen LogP contribution is -2.20. The van der Waals surface area contributed by atoms with Crippen LogP contribution in [0.5, 0.6) is 5.75 Å². The number of nitrogens with one attached hydrogen (secondary N) is 1. The van der Waals surface area contributed by atoms with Gasteiger partial charge in [0.05, 0.1) is 25.0 Å². The van der Waals surface area contributed by atoms with E-state index in [0.29, 0.717) is 0 Å². The molecule has 100 valence electrons. The predicted molar refractivity (Wildman–Crippen MR) is 75.4 cm³/mol. The zero-order chi connectivity index (χ0) is 13.8. The van der Waals surface area contributed by atoms with Gasteiger partial charge in [0.2, 0.25) is 0 Å². The number of ether oxygens (including phenoxy) is 1. The summed E-state index contributed by atoms with van der Waals surface area (Å²) in [5, 5.41) is 3.29. The van der Waals surface area contributed by atoms with Gasteiger partial charge in [-0.05, 0) is 43.7 Å². The highest BCUT2D eigenvalue weighted by Gasteiger charge is 2.16. The number of hydrogen-bond donors (Lipinski definition) is 1. The molecule has 0 saturated heterocycles. The molecule has 0 radical (unpaired) electrons. The number of pyridine rings is 2. The van der Waals surface area contributed by atoms with Crippen LogP contribution in [0.3, 0.4) is 0 Å². The molecule has 0 fully saturated rings. The van der Waals surface area contributed by atoms with Crippen molar-refractivity contribution >= 4 is 0 Å². The number of nitrogens with zero attached hydrogens (tertiary/aromatic N) is 2. The molecule has 0 aliphatic heterocycles. The van der Waals surface area contributed by atoms with E-state index in [9.17, 15) is 0 Å². The van der Waals surface area contributed by atoms with Crippen LogP contribution in [-0.2, 0) is 0 Å². The van der Waals surface area contributed by atoms with E-state index in [4.69, 9.17) is 4.74 Å². The van der Waals surface area contributed by atoms with E-state index < -0.39 is 0 Å². The lowest BCUT2D eigenvalue weighted by molar-refractivity contribution is 0.411. The summed E-state index contributed by atoms with van der Waals surface area (Å²) < 4.78 is 5.22. The molecule has 2 heterocycles. The van der Waals surface area contributed by atoms with Crippen LogP contribution in [0.2, 0.25) is 0 Å². The Morgan fingerprint density at radius 2 is 1.95 bits per heavy atom. The van der Waals surface area contributed by atoms with E-state index in [1.807, 2.05) is 32.4 Å². The Morgan fingerprint density at radius 3 is 2.58 bits per heavy atom. The summed E-state index contributed by atoms with van der Waals surface area (Å²) in [6, 6.07) is 4.14. The molecule has 0 bridgehead atoms. The Hall–Kier alpha value is -1.94. The van der Waals surface area contributed by atoms with Crippen molar-refractivity contribution in [1.82, 2.24) is 15.3 Å². The second-order valence-electron chi connectivity index (χ2n) is 4.59. The average molecular weight is 257 g/mol. The van der Waals surface area contributed by atoms with E-state index in [0.717, 1.165) is 17.0 Å². The minimum atomic E-state index is 0.0169.